The Morgan fingerprint density at radius 2 is 1.67 bits per heavy atom. The fourth-order valence-electron chi connectivity index (χ4n) is 6.85. The van der Waals surface area contributed by atoms with Crippen LogP contribution in [0.25, 0.3) is 11.3 Å². The van der Waals surface area contributed by atoms with Crippen LogP contribution in [0.4, 0.5) is 0 Å². The van der Waals surface area contributed by atoms with Crippen molar-refractivity contribution in [2.75, 3.05) is 0 Å². The molecule has 42 heavy (non-hydrogen) atoms. The van der Waals surface area contributed by atoms with Gasteiger partial charge in [0.15, 0.2) is 17.8 Å². The van der Waals surface area contributed by atoms with Gasteiger partial charge < -0.3 is 24.4 Å². The lowest BCUT2D eigenvalue weighted by Gasteiger charge is -2.37. The van der Waals surface area contributed by atoms with Crippen LogP contribution in [-0.2, 0) is 25.5 Å². The average Bonchev–Trinajstić information content (AvgIpc) is 3.62. The summed E-state index contributed by atoms with van der Waals surface area (Å²) in [5.41, 5.74) is 1.91. The maximum atomic E-state index is 14.7. The first-order chi connectivity index (χ1) is 20.2. The van der Waals surface area contributed by atoms with E-state index in [1.54, 1.807) is 9.58 Å². The quantitative estimate of drug-likeness (QED) is 0.500. The van der Waals surface area contributed by atoms with Crippen LogP contribution in [0.1, 0.15) is 75.0 Å². The predicted octanol–water partition coefficient (Wildman–Crippen LogP) is 4.23. The van der Waals surface area contributed by atoms with E-state index in [1.165, 1.54) is 0 Å². The lowest BCUT2D eigenvalue weighted by atomic mass is 9.94. The number of amides is 2. The van der Waals surface area contributed by atoms with Gasteiger partial charge in [0, 0.05) is 30.5 Å². The highest BCUT2D eigenvalue weighted by molar-refractivity contribution is 6.01. The highest BCUT2D eigenvalue weighted by atomic mass is 16.8. The molecule has 1 N–H and O–H groups in total. The first-order valence-electron chi connectivity index (χ1n) is 14.9. The smallest absolute Gasteiger partial charge is 0.275 e. The molecule has 3 aromatic rings. The molecule has 3 fully saturated rings. The summed E-state index contributed by atoms with van der Waals surface area (Å²) in [6.07, 6.45) is 2.73. The molecule has 1 aromatic heterocycles. The third kappa shape index (κ3) is 4.71. The molecule has 2 saturated heterocycles. The normalized spacial score (nSPS) is 28.2. The topological polar surface area (TPSA) is 108 Å². The van der Waals surface area contributed by atoms with Gasteiger partial charge in [-0.15, -0.1) is 5.10 Å². The van der Waals surface area contributed by atoms with Crippen molar-refractivity contribution in [1.29, 1.82) is 0 Å². The molecule has 0 unspecified atom stereocenters. The summed E-state index contributed by atoms with van der Waals surface area (Å²) in [7, 11) is 0. The van der Waals surface area contributed by atoms with Crippen molar-refractivity contribution in [3.05, 3.63) is 71.9 Å². The van der Waals surface area contributed by atoms with Gasteiger partial charge in [0.2, 0.25) is 5.91 Å². The highest BCUT2D eigenvalue weighted by Crippen LogP contribution is 2.51. The summed E-state index contributed by atoms with van der Waals surface area (Å²) in [5.74, 6) is -1.35. The number of aromatic nitrogens is 3. The van der Waals surface area contributed by atoms with Gasteiger partial charge in [-0.3, -0.25) is 9.59 Å². The van der Waals surface area contributed by atoms with Crippen molar-refractivity contribution in [2.24, 2.45) is 0 Å². The lowest BCUT2D eigenvalue weighted by molar-refractivity contribution is -0.244. The van der Waals surface area contributed by atoms with E-state index in [0.29, 0.717) is 11.4 Å². The van der Waals surface area contributed by atoms with Gasteiger partial charge in [-0.2, -0.15) is 0 Å². The average molecular weight is 572 g/mol. The summed E-state index contributed by atoms with van der Waals surface area (Å²) < 4.78 is 21.5. The Morgan fingerprint density at radius 3 is 2.36 bits per heavy atom. The second-order valence-corrected chi connectivity index (χ2v) is 12.8. The molecule has 2 amide bonds. The van der Waals surface area contributed by atoms with Crippen LogP contribution in [0.3, 0.4) is 0 Å². The molecule has 5 atom stereocenters. The van der Waals surface area contributed by atoms with E-state index in [4.69, 9.17) is 14.2 Å². The molecule has 0 radical (unpaired) electrons. The third-order valence-corrected chi connectivity index (χ3v) is 8.63. The van der Waals surface area contributed by atoms with Crippen LogP contribution in [0, 0.1) is 0 Å². The Morgan fingerprint density at radius 1 is 0.976 bits per heavy atom. The van der Waals surface area contributed by atoms with E-state index in [9.17, 15) is 9.59 Å². The van der Waals surface area contributed by atoms with E-state index in [0.717, 1.165) is 43.2 Å². The molecule has 1 saturated carbocycles. The number of carbonyl (C=O) groups excluding carboxylic acids is 2. The van der Waals surface area contributed by atoms with E-state index < -0.39 is 41.9 Å². The monoisotopic (exact) mass is 571 g/mol. The summed E-state index contributed by atoms with van der Waals surface area (Å²) in [6, 6.07) is 17.7. The van der Waals surface area contributed by atoms with Gasteiger partial charge in [0.1, 0.15) is 30.0 Å². The Kier molecular flexibility index (Phi) is 6.67. The Balaban J connectivity index is 1.38. The minimum atomic E-state index is -0.965. The number of rotatable bonds is 4. The summed E-state index contributed by atoms with van der Waals surface area (Å²) in [4.78, 5) is 30.5. The van der Waals surface area contributed by atoms with Crippen molar-refractivity contribution in [1.82, 2.24) is 25.2 Å². The van der Waals surface area contributed by atoms with Crippen molar-refractivity contribution in [3.63, 3.8) is 0 Å². The minimum Gasteiger partial charge on any atom is -0.350 e. The fraction of sp³-hybridized carbons (Fsp3) is 0.500. The van der Waals surface area contributed by atoms with Crippen LogP contribution in [0.5, 0.6) is 0 Å². The Bertz CT molecular complexity index is 1460. The van der Waals surface area contributed by atoms with Gasteiger partial charge in [-0.05, 0) is 39.2 Å². The largest absolute Gasteiger partial charge is 0.350 e. The minimum absolute atomic E-state index is 0.203. The molecule has 1 spiro atoms. The third-order valence-electron chi connectivity index (χ3n) is 8.63. The van der Waals surface area contributed by atoms with Crippen LogP contribution in [0.15, 0.2) is 60.7 Å². The van der Waals surface area contributed by atoms with Crippen molar-refractivity contribution < 1.29 is 23.8 Å². The Hall–Kier alpha value is -3.60. The van der Waals surface area contributed by atoms with Gasteiger partial charge >= 0.3 is 0 Å². The zero-order chi connectivity index (χ0) is 29.1. The number of nitrogens with zero attached hydrogens (tertiary/aromatic N) is 4. The van der Waals surface area contributed by atoms with Gasteiger partial charge in [0.25, 0.3) is 5.91 Å². The van der Waals surface area contributed by atoms with Crippen LogP contribution < -0.4 is 5.32 Å². The summed E-state index contributed by atoms with van der Waals surface area (Å²) in [6.45, 7) is 5.98. The molecule has 7 rings (SSSR count). The lowest BCUT2D eigenvalue weighted by Crippen LogP contribution is -2.58. The first kappa shape index (κ1) is 27.2. The zero-order valence-corrected chi connectivity index (χ0v) is 24.2. The van der Waals surface area contributed by atoms with E-state index in [1.807, 2.05) is 81.4 Å². The van der Waals surface area contributed by atoms with Crippen molar-refractivity contribution in [3.8, 4) is 11.3 Å². The zero-order valence-electron chi connectivity index (χ0n) is 24.2. The highest BCUT2D eigenvalue weighted by Gasteiger charge is 2.64. The number of hydrogen-bond donors (Lipinski definition) is 1. The van der Waals surface area contributed by atoms with E-state index >= 15 is 0 Å². The number of fused-ring (bicyclic) bond motifs is 5. The van der Waals surface area contributed by atoms with Crippen molar-refractivity contribution >= 4 is 11.8 Å². The maximum absolute atomic E-state index is 14.7. The first-order valence-corrected chi connectivity index (χ1v) is 14.9. The SMILES string of the molecule is CC(C)(C)NC(=O)[C@H]1[C@H]2O[C@@H]3OC4(CCCCC4)O[C@@H]3[C@H]2n2nnc(-c3ccccc3)c2C(=O)N1Cc1ccccc1. The second kappa shape index (κ2) is 10.3. The van der Waals surface area contributed by atoms with Gasteiger partial charge in [0.05, 0.1) is 0 Å². The fourth-order valence-corrected chi connectivity index (χ4v) is 6.85. The molecular formula is C32H37N5O5. The molecule has 220 valence electrons. The number of ether oxygens (including phenoxy) is 3. The van der Waals surface area contributed by atoms with Gasteiger partial charge in [-0.1, -0.05) is 72.3 Å². The molecule has 0 bridgehead atoms. The van der Waals surface area contributed by atoms with Crippen LogP contribution in [0.2, 0.25) is 0 Å². The molecule has 1 aliphatic carbocycles. The van der Waals surface area contributed by atoms with Gasteiger partial charge in [-0.25, -0.2) is 4.68 Å². The number of nitrogens with one attached hydrogen (secondary N) is 1. The predicted molar refractivity (Wildman–Crippen MR) is 153 cm³/mol. The molecule has 3 aliphatic heterocycles. The number of benzene rings is 2. The molecule has 4 aliphatic rings. The van der Waals surface area contributed by atoms with E-state index in [2.05, 4.69) is 15.6 Å². The molecule has 10 nitrogen and oxygen atoms in total. The number of carbonyl (C=O) groups is 2. The molecule has 10 heteroatoms. The Labute approximate surface area is 245 Å². The van der Waals surface area contributed by atoms with Crippen LogP contribution in [-0.4, -0.2) is 67.6 Å². The summed E-state index contributed by atoms with van der Waals surface area (Å²) >= 11 is 0. The molecule has 4 heterocycles. The van der Waals surface area contributed by atoms with E-state index in [-0.39, 0.29) is 18.4 Å². The molecular weight excluding hydrogens is 534 g/mol. The maximum Gasteiger partial charge on any atom is 0.275 e. The second-order valence-electron chi connectivity index (χ2n) is 12.8. The van der Waals surface area contributed by atoms with Crippen LogP contribution >= 0.6 is 0 Å². The number of hydrogen-bond acceptors (Lipinski definition) is 7. The molecule has 2 aromatic carbocycles. The summed E-state index contributed by atoms with van der Waals surface area (Å²) in [5, 5.41) is 12.2. The van der Waals surface area contributed by atoms with Crippen molar-refractivity contribution in [2.45, 2.75) is 101 Å². The standard InChI is InChI=1S/C32H37N5O5/c1-31(2,3)33-28(38)25-26-24(27-30(40-26)42-32(41-27)17-11-6-12-18-32)37-23(22(34-35-37)21-15-9-5-10-16-21)29(39)36(25)19-20-13-7-4-8-14-20/h4-5,7-10,13-16,24-27,30H,6,11-12,17-19H2,1-3H3,(H,33,38)/t24-,25+,26-,27+,30+/m0/s1.